The molecule has 3 N–H and O–H groups in total. The Bertz CT molecular complexity index is 927. The number of nitrogen functional groups attached to an aromatic ring is 1. The number of nitrogens with two attached hydrogens (primary N) is 1. The number of hydrogen-bond donors (Lipinski definition) is 2. The average Bonchev–Trinajstić information content (AvgIpc) is 2.56. The van der Waals surface area contributed by atoms with Crippen molar-refractivity contribution < 1.29 is 14.3 Å². The number of benzene rings is 1. The van der Waals surface area contributed by atoms with Crippen LogP contribution in [0.2, 0.25) is 0 Å². The lowest BCUT2D eigenvalue weighted by Gasteiger charge is -2.11. The minimum atomic E-state index is -0.897. The molecule has 0 saturated heterocycles. The lowest BCUT2D eigenvalue weighted by Crippen LogP contribution is -2.37. The number of aryl methyl sites for hydroxylation is 1. The van der Waals surface area contributed by atoms with Gasteiger partial charge in [-0.25, -0.2) is 9.59 Å². The SMILES string of the molecule is CCCn1c(N)c(C(=O)COC(=O)c2cccc(C)c2)c(=O)[nH]c1=O. The van der Waals surface area contributed by atoms with Crippen molar-refractivity contribution in [1.82, 2.24) is 9.55 Å². The summed E-state index contributed by atoms with van der Waals surface area (Å²) in [7, 11) is 0. The molecule has 2 rings (SSSR count). The van der Waals surface area contributed by atoms with E-state index in [2.05, 4.69) is 4.98 Å². The molecule has 0 spiro atoms. The molecule has 0 aliphatic heterocycles. The Morgan fingerprint density at radius 2 is 2.00 bits per heavy atom. The number of anilines is 1. The summed E-state index contributed by atoms with van der Waals surface area (Å²) in [6, 6.07) is 6.69. The van der Waals surface area contributed by atoms with Gasteiger partial charge in [0.05, 0.1) is 5.56 Å². The summed E-state index contributed by atoms with van der Waals surface area (Å²) in [6.07, 6.45) is 0.589. The molecule has 8 heteroatoms. The summed E-state index contributed by atoms with van der Waals surface area (Å²) >= 11 is 0. The van der Waals surface area contributed by atoms with E-state index in [-0.39, 0.29) is 17.9 Å². The first-order chi connectivity index (χ1) is 11.8. The molecule has 0 fully saturated rings. The minimum absolute atomic E-state index is 0.229. The van der Waals surface area contributed by atoms with Crippen molar-refractivity contribution in [3.8, 4) is 0 Å². The van der Waals surface area contributed by atoms with Gasteiger partial charge in [0.2, 0.25) is 5.78 Å². The zero-order valence-electron chi connectivity index (χ0n) is 14.0. The quantitative estimate of drug-likeness (QED) is 0.591. The molecule has 0 unspecified atom stereocenters. The highest BCUT2D eigenvalue weighted by molar-refractivity contribution is 6.02. The van der Waals surface area contributed by atoms with Gasteiger partial charge in [-0.3, -0.25) is 19.1 Å². The Morgan fingerprint density at radius 1 is 1.28 bits per heavy atom. The largest absolute Gasteiger partial charge is 0.454 e. The topological polar surface area (TPSA) is 124 Å². The lowest BCUT2D eigenvalue weighted by molar-refractivity contribution is 0.0474. The van der Waals surface area contributed by atoms with Gasteiger partial charge in [-0.1, -0.05) is 24.6 Å². The second-order valence-corrected chi connectivity index (χ2v) is 5.54. The number of esters is 1. The predicted molar refractivity (Wildman–Crippen MR) is 91.8 cm³/mol. The second-order valence-electron chi connectivity index (χ2n) is 5.54. The van der Waals surface area contributed by atoms with Crippen LogP contribution in [0.1, 0.15) is 39.6 Å². The number of H-pyrrole nitrogens is 1. The van der Waals surface area contributed by atoms with Crippen molar-refractivity contribution in [2.24, 2.45) is 0 Å². The number of aromatic nitrogens is 2. The van der Waals surface area contributed by atoms with E-state index >= 15 is 0 Å². The number of nitrogens with zero attached hydrogens (tertiary/aromatic N) is 1. The Labute approximate surface area is 143 Å². The molecule has 1 aromatic heterocycles. The maximum absolute atomic E-state index is 12.3. The van der Waals surface area contributed by atoms with Crippen molar-refractivity contribution in [2.45, 2.75) is 26.8 Å². The van der Waals surface area contributed by atoms with Crippen molar-refractivity contribution in [1.29, 1.82) is 0 Å². The number of carbonyl (C=O) groups excluding carboxylic acids is 2. The Kier molecular flexibility index (Phi) is 5.53. The molecular weight excluding hydrogens is 326 g/mol. The summed E-state index contributed by atoms with van der Waals surface area (Å²) in [5, 5.41) is 0. The maximum atomic E-state index is 12.3. The standard InChI is InChI=1S/C17H19N3O5/c1-3-7-20-14(18)13(15(22)19-17(20)24)12(21)9-25-16(23)11-6-4-5-10(2)8-11/h4-6,8H,3,7,9,18H2,1-2H3,(H,19,22,24). The zero-order chi connectivity index (χ0) is 18.6. The van der Waals surface area contributed by atoms with Crippen LogP contribution in [-0.2, 0) is 11.3 Å². The van der Waals surface area contributed by atoms with E-state index in [0.29, 0.717) is 12.0 Å². The molecule has 8 nitrogen and oxygen atoms in total. The van der Waals surface area contributed by atoms with Crippen molar-refractivity contribution in [2.75, 3.05) is 12.3 Å². The fourth-order valence-corrected chi connectivity index (χ4v) is 2.36. The normalized spacial score (nSPS) is 10.5. The lowest BCUT2D eigenvalue weighted by atomic mass is 10.1. The molecule has 25 heavy (non-hydrogen) atoms. The van der Waals surface area contributed by atoms with Gasteiger partial charge < -0.3 is 10.5 Å². The van der Waals surface area contributed by atoms with Crippen LogP contribution >= 0.6 is 0 Å². The highest BCUT2D eigenvalue weighted by atomic mass is 16.5. The van der Waals surface area contributed by atoms with Crippen LogP contribution in [0.3, 0.4) is 0 Å². The smallest absolute Gasteiger partial charge is 0.338 e. The molecule has 0 bridgehead atoms. The first kappa shape index (κ1) is 18.2. The van der Waals surface area contributed by atoms with E-state index in [1.807, 2.05) is 19.9 Å². The molecule has 2 aromatic rings. The van der Waals surface area contributed by atoms with Crippen LogP contribution in [-0.4, -0.2) is 27.9 Å². The summed E-state index contributed by atoms with van der Waals surface area (Å²) in [5.41, 5.74) is 4.99. The number of carbonyl (C=O) groups is 2. The van der Waals surface area contributed by atoms with Gasteiger partial charge in [0.25, 0.3) is 5.56 Å². The molecule has 0 atom stereocenters. The van der Waals surface area contributed by atoms with E-state index in [9.17, 15) is 19.2 Å². The van der Waals surface area contributed by atoms with Gasteiger partial charge >= 0.3 is 11.7 Å². The monoisotopic (exact) mass is 345 g/mol. The van der Waals surface area contributed by atoms with E-state index < -0.39 is 29.6 Å². The summed E-state index contributed by atoms with van der Waals surface area (Å²) in [5.74, 6) is -1.69. The second kappa shape index (κ2) is 7.61. The number of Topliss-reactive ketones (excluding diaryl/α,β-unsaturated/α-hetero) is 1. The van der Waals surface area contributed by atoms with Gasteiger partial charge in [0, 0.05) is 6.54 Å². The van der Waals surface area contributed by atoms with Gasteiger partial charge in [-0.2, -0.15) is 0 Å². The Balaban J connectivity index is 2.21. The number of nitrogens with one attached hydrogen (secondary N) is 1. The summed E-state index contributed by atoms with van der Waals surface area (Å²) in [4.78, 5) is 49.9. The number of aromatic amines is 1. The summed E-state index contributed by atoms with van der Waals surface area (Å²) < 4.78 is 6.06. The highest BCUT2D eigenvalue weighted by Crippen LogP contribution is 2.09. The predicted octanol–water partition coefficient (Wildman–Crippen LogP) is 0.877. The van der Waals surface area contributed by atoms with E-state index in [0.717, 1.165) is 10.1 Å². The molecule has 0 amide bonds. The fraction of sp³-hybridized carbons (Fsp3) is 0.294. The van der Waals surface area contributed by atoms with Crippen LogP contribution in [0.15, 0.2) is 33.9 Å². The molecule has 0 aliphatic carbocycles. The van der Waals surface area contributed by atoms with Gasteiger partial charge in [-0.15, -0.1) is 0 Å². The van der Waals surface area contributed by atoms with Crippen molar-refractivity contribution >= 4 is 17.6 Å². The molecule has 0 aliphatic rings. The molecule has 132 valence electrons. The van der Waals surface area contributed by atoms with Gasteiger partial charge in [0.1, 0.15) is 11.4 Å². The molecule has 1 aromatic carbocycles. The zero-order valence-corrected chi connectivity index (χ0v) is 14.0. The summed E-state index contributed by atoms with van der Waals surface area (Å²) in [6.45, 7) is 3.25. The Morgan fingerprint density at radius 3 is 2.64 bits per heavy atom. The third-order valence-electron chi connectivity index (χ3n) is 3.55. The van der Waals surface area contributed by atoms with Crippen LogP contribution in [0, 0.1) is 6.92 Å². The number of ketones is 1. The molecule has 0 radical (unpaired) electrons. The van der Waals surface area contributed by atoms with Crippen molar-refractivity contribution in [3.05, 3.63) is 61.8 Å². The highest BCUT2D eigenvalue weighted by Gasteiger charge is 2.20. The first-order valence-electron chi connectivity index (χ1n) is 7.74. The van der Waals surface area contributed by atoms with Crippen LogP contribution in [0.4, 0.5) is 5.82 Å². The van der Waals surface area contributed by atoms with E-state index in [1.54, 1.807) is 18.2 Å². The van der Waals surface area contributed by atoms with Gasteiger partial charge in [0.15, 0.2) is 6.61 Å². The molecule has 1 heterocycles. The van der Waals surface area contributed by atoms with Crippen LogP contribution in [0.5, 0.6) is 0 Å². The van der Waals surface area contributed by atoms with Crippen LogP contribution in [0.25, 0.3) is 0 Å². The first-order valence-corrected chi connectivity index (χ1v) is 7.74. The van der Waals surface area contributed by atoms with Crippen LogP contribution < -0.4 is 17.0 Å². The van der Waals surface area contributed by atoms with E-state index in [4.69, 9.17) is 10.5 Å². The van der Waals surface area contributed by atoms with Gasteiger partial charge in [-0.05, 0) is 25.5 Å². The van der Waals surface area contributed by atoms with E-state index in [1.165, 1.54) is 0 Å². The maximum Gasteiger partial charge on any atom is 0.338 e. The Hall–Kier alpha value is -3.16. The number of ether oxygens (including phenoxy) is 1. The third-order valence-corrected chi connectivity index (χ3v) is 3.55. The average molecular weight is 345 g/mol. The third kappa shape index (κ3) is 4.03. The number of rotatable bonds is 6. The number of hydrogen-bond acceptors (Lipinski definition) is 6. The minimum Gasteiger partial charge on any atom is -0.454 e. The van der Waals surface area contributed by atoms with Crippen molar-refractivity contribution in [3.63, 3.8) is 0 Å². The molecular formula is C17H19N3O5. The fourth-order valence-electron chi connectivity index (χ4n) is 2.36. The molecule has 0 saturated carbocycles.